The molecule has 0 radical (unpaired) electrons. The van der Waals surface area contributed by atoms with Gasteiger partial charge in [0.05, 0.1) is 11.3 Å². The number of piperidine rings is 1. The van der Waals surface area contributed by atoms with E-state index >= 15 is 0 Å². The van der Waals surface area contributed by atoms with E-state index in [1.54, 1.807) is 16.7 Å². The number of alkyl halides is 3. The van der Waals surface area contributed by atoms with Crippen LogP contribution < -0.4 is 16.0 Å². The number of nitrogens with zero attached hydrogens (tertiary/aromatic N) is 2. The molecular weight excluding hydrogens is 547 g/mol. The standard InChI is InChI=1S/C21H25N5O3S2.C2HF3O2/c1-3-22-20(29)24-17-16(13-6-4-5-7-14(13)31-17)18(27)26-10-8-21(9-11-26)19(28)23-15(25-21)12-30-2;3-2(4,5)1(6)7/h4-7H,3,8-12H2,1-2H3,(H2,22,24,29)(H,23,25,28);(H,6,7). The number of carboxylic acid groups (broad SMARTS) is 1. The number of likely N-dealkylation sites (tertiary alicyclic amines) is 1. The molecule has 1 saturated heterocycles. The van der Waals surface area contributed by atoms with Crippen molar-refractivity contribution < 1.29 is 37.5 Å². The Bertz CT molecular complexity index is 1260. The number of hydrogen-bond donors (Lipinski definition) is 4. The molecule has 4 N–H and O–H groups in total. The summed E-state index contributed by atoms with van der Waals surface area (Å²) in [5.74, 6) is -1.57. The van der Waals surface area contributed by atoms with Crippen LogP contribution >= 0.6 is 23.1 Å². The van der Waals surface area contributed by atoms with Crippen molar-refractivity contribution in [2.75, 3.05) is 37.0 Å². The highest BCUT2D eigenvalue weighted by molar-refractivity contribution is 7.99. The summed E-state index contributed by atoms with van der Waals surface area (Å²) in [5, 5.41) is 16.9. The SMILES string of the molecule is CCNC(=O)Nc1sc2ccccc2c1C(=O)N1CCC2(CC1)N=C(CSC)NC2=O.O=C(O)C(F)(F)F. The maximum absolute atomic E-state index is 13.5. The van der Waals surface area contributed by atoms with Crippen molar-refractivity contribution in [1.82, 2.24) is 15.5 Å². The van der Waals surface area contributed by atoms with Crippen LogP contribution in [-0.4, -0.2) is 83.0 Å². The van der Waals surface area contributed by atoms with Gasteiger partial charge < -0.3 is 20.6 Å². The first-order chi connectivity index (χ1) is 17.9. The topological polar surface area (TPSA) is 140 Å². The third-order valence-electron chi connectivity index (χ3n) is 5.80. The molecule has 206 valence electrons. The zero-order valence-corrected chi connectivity index (χ0v) is 22.1. The van der Waals surface area contributed by atoms with Crippen LogP contribution in [0.3, 0.4) is 0 Å². The molecule has 0 aliphatic carbocycles. The summed E-state index contributed by atoms with van der Waals surface area (Å²) in [6.45, 7) is 3.21. The summed E-state index contributed by atoms with van der Waals surface area (Å²) >= 11 is 3.00. The number of carbonyl (C=O) groups is 4. The van der Waals surface area contributed by atoms with Crippen molar-refractivity contribution in [2.45, 2.75) is 31.5 Å². The van der Waals surface area contributed by atoms with Gasteiger partial charge in [0, 0.05) is 29.7 Å². The van der Waals surface area contributed by atoms with Crippen LogP contribution in [0.5, 0.6) is 0 Å². The van der Waals surface area contributed by atoms with Crippen molar-refractivity contribution in [3.05, 3.63) is 29.8 Å². The molecule has 1 aromatic heterocycles. The molecule has 1 aromatic carbocycles. The molecule has 10 nitrogen and oxygen atoms in total. The van der Waals surface area contributed by atoms with E-state index in [4.69, 9.17) is 9.90 Å². The maximum Gasteiger partial charge on any atom is 0.490 e. The summed E-state index contributed by atoms with van der Waals surface area (Å²) in [6, 6.07) is 7.31. The number of thiophene rings is 1. The van der Waals surface area contributed by atoms with Crippen molar-refractivity contribution in [3.8, 4) is 0 Å². The Labute approximate surface area is 224 Å². The van der Waals surface area contributed by atoms with E-state index in [1.807, 2.05) is 37.4 Å². The van der Waals surface area contributed by atoms with E-state index < -0.39 is 17.7 Å². The fraction of sp³-hybridized carbons (Fsp3) is 0.435. The van der Waals surface area contributed by atoms with E-state index in [9.17, 15) is 27.6 Å². The molecule has 1 spiro atoms. The second kappa shape index (κ2) is 12.0. The summed E-state index contributed by atoms with van der Waals surface area (Å²) in [6.07, 6.45) is -2.13. The summed E-state index contributed by atoms with van der Waals surface area (Å²) in [7, 11) is 0. The number of anilines is 1. The molecule has 4 amide bonds. The van der Waals surface area contributed by atoms with Crippen molar-refractivity contribution in [2.24, 2.45) is 4.99 Å². The van der Waals surface area contributed by atoms with Gasteiger partial charge in [-0.1, -0.05) is 18.2 Å². The third-order valence-corrected chi connectivity index (χ3v) is 7.45. The first-order valence-electron chi connectivity index (χ1n) is 11.5. The molecule has 0 atom stereocenters. The van der Waals surface area contributed by atoms with Gasteiger partial charge in [-0.05, 0) is 32.1 Å². The van der Waals surface area contributed by atoms with Gasteiger partial charge in [0.1, 0.15) is 16.4 Å². The number of carbonyl (C=O) groups excluding carboxylic acids is 3. The van der Waals surface area contributed by atoms with E-state index in [1.165, 1.54) is 11.3 Å². The number of amidine groups is 1. The zero-order valence-electron chi connectivity index (χ0n) is 20.5. The molecule has 15 heteroatoms. The fourth-order valence-corrected chi connectivity index (χ4v) is 5.52. The van der Waals surface area contributed by atoms with Gasteiger partial charge >= 0.3 is 18.2 Å². The minimum absolute atomic E-state index is 0.0665. The van der Waals surface area contributed by atoms with Crippen molar-refractivity contribution in [3.63, 3.8) is 0 Å². The second-order valence-electron chi connectivity index (χ2n) is 8.36. The molecule has 2 aromatic rings. The molecular formula is C23H26F3N5O5S2. The molecule has 1 fully saturated rings. The molecule has 2 aliphatic heterocycles. The lowest BCUT2D eigenvalue weighted by Crippen LogP contribution is -2.50. The average molecular weight is 574 g/mol. The number of rotatable bonds is 5. The van der Waals surface area contributed by atoms with Crippen molar-refractivity contribution in [1.29, 1.82) is 0 Å². The Morgan fingerprint density at radius 2 is 1.87 bits per heavy atom. The smallest absolute Gasteiger partial charge is 0.475 e. The first-order valence-corrected chi connectivity index (χ1v) is 13.7. The Kier molecular flexibility index (Phi) is 9.25. The van der Waals surface area contributed by atoms with Crippen molar-refractivity contribution >= 4 is 67.8 Å². The molecule has 2 aliphatic rings. The van der Waals surface area contributed by atoms with Gasteiger partial charge in [0.15, 0.2) is 0 Å². The number of carboxylic acids is 1. The van der Waals surface area contributed by atoms with E-state index in [0.29, 0.717) is 48.8 Å². The largest absolute Gasteiger partial charge is 0.490 e. The first kappa shape index (κ1) is 29.2. The molecule has 38 heavy (non-hydrogen) atoms. The monoisotopic (exact) mass is 573 g/mol. The highest BCUT2D eigenvalue weighted by Crippen LogP contribution is 2.38. The maximum atomic E-state index is 13.5. The lowest BCUT2D eigenvalue weighted by molar-refractivity contribution is -0.192. The van der Waals surface area contributed by atoms with Crippen LogP contribution in [0.2, 0.25) is 0 Å². The van der Waals surface area contributed by atoms with Crippen LogP contribution in [0, 0.1) is 0 Å². The van der Waals surface area contributed by atoms with Gasteiger partial charge in [0.25, 0.3) is 11.8 Å². The lowest BCUT2D eigenvalue weighted by atomic mass is 9.87. The predicted molar refractivity (Wildman–Crippen MR) is 140 cm³/mol. The number of aliphatic carboxylic acids is 1. The number of nitrogens with one attached hydrogen (secondary N) is 3. The number of urea groups is 1. The number of halogens is 3. The number of amides is 4. The summed E-state index contributed by atoms with van der Waals surface area (Å²) in [4.78, 5) is 53.5. The molecule has 0 bridgehead atoms. The minimum Gasteiger partial charge on any atom is -0.475 e. The quantitative estimate of drug-likeness (QED) is 0.432. The van der Waals surface area contributed by atoms with Gasteiger partial charge in [-0.15, -0.1) is 11.3 Å². The number of aliphatic imine (C=N–C) groups is 1. The van der Waals surface area contributed by atoms with Gasteiger partial charge in [0.2, 0.25) is 0 Å². The number of thioether (sulfide) groups is 1. The Morgan fingerprint density at radius 1 is 1.24 bits per heavy atom. The highest BCUT2D eigenvalue weighted by atomic mass is 32.2. The van der Waals surface area contributed by atoms with E-state index in [2.05, 4.69) is 20.9 Å². The molecule has 4 rings (SSSR count). The lowest BCUT2D eigenvalue weighted by Gasteiger charge is -2.35. The van der Waals surface area contributed by atoms with Crippen LogP contribution in [0.1, 0.15) is 30.1 Å². The zero-order chi connectivity index (χ0) is 28.1. The number of fused-ring (bicyclic) bond motifs is 1. The normalized spacial score (nSPS) is 16.4. The van der Waals surface area contributed by atoms with Gasteiger partial charge in [-0.25, -0.2) is 9.59 Å². The number of benzene rings is 1. The van der Waals surface area contributed by atoms with Gasteiger partial charge in [-0.2, -0.15) is 24.9 Å². The van der Waals surface area contributed by atoms with Crippen LogP contribution in [0.15, 0.2) is 29.3 Å². The Morgan fingerprint density at radius 3 is 2.45 bits per heavy atom. The molecule has 0 saturated carbocycles. The fourth-order valence-electron chi connectivity index (χ4n) is 4.02. The minimum atomic E-state index is -5.08. The average Bonchev–Trinajstić information content (AvgIpc) is 3.35. The third kappa shape index (κ3) is 6.56. The number of hydrogen-bond acceptors (Lipinski definition) is 7. The Hall–Kier alpha value is -3.33. The molecule has 0 unspecified atom stereocenters. The van der Waals surface area contributed by atoms with Crippen LogP contribution in [-0.2, 0) is 9.59 Å². The van der Waals surface area contributed by atoms with Gasteiger partial charge in [-0.3, -0.25) is 19.9 Å². The summed E-state index contributed by atoms with van der Waals surface area (Å²) < 4.78 is 32.7. The van der Waals surface area contributed by atoms with Crippen LogP contribution in [0.25, 0.3) is 10.1 Å². The van der Waals surface area contributed by atoms with E-state index in [-0.39, 0.29) is 17.8 Å². The summed E-state index contributed by atoms with van der Waals surface area (Å²) in [5.41, 5.74) is -0.258. The highest BCUT2D eigenvalue weighted by Gasteiger charge is 2.46. The predicted octanol–water partition coefficient (Wildman–Crippen LogP) is 3.54. The van der Waals surface area contributed by atoms with Crippen LogP contribution in [0.4, 0.5) is 23.0 Å². The Balaban J connectivity index is 0.000000505. The second-order valence-corrected chi connectivity index (χ2v) is 10.3. The molecule has 3 heterocycles. The van der Waals surface area contributed by atoms with E-state index in [0.717, 1.165) is 15.9 Å².